The van der Waals surface area contributed by atoms with Gasteiger partial charge in [-0.15, -0.1) is 0 Å². The number of likely N-dealkylation sites (N-methyl/N-ethyl adjacent to an activating group) is 1. The number of nitrogens with one attached hydrogen (secondary N) is 3. The fourth-order valence-corrected chi connectivity index (χ4v) is 9.36. The van der Waals surface area contributed by atoms with Gasteiger partial charge in [0.25, 0.3) is 11.8 Å². The number of allylic oxidation sites excluding steroid dienone is 2. The van der Waals surface area contributed by atoms with Gasteiger partial charge in [0, 0.05) is 42.1 Å². The maximum atomic E-state index is 13.4. The van der Waals surface area contributed by atoms with Crippen LogP contribution in [0, 0.1) is 25.7 Å². The maximum Gasteiger partial charge on any atom is 0.347 e. The average molecular weight is 1010 g/mol. The third-order valence-electron chi connectivity index (χ3n) is 13.6. The van der Waals surface area contributed by atoms with Crippen molar-refractivity contribution in [1.29, 1.82) is 0 Å². The van der Waals surface area contributed by atoms with Crippen molar-refractivity contribution in [3.63, 3.8) is 0 Å². The van der Waals surface area contributed by atoms with E-state index in [1.54, 1.807) is 32.9 Å². The number of ether oxygens (including phenoxy) is 4. The van der Waals surface area contributed by atoms with Crippen molar-refractivity contribution in [3.8, 4) is 5.75 Å². The summed E-state index contributed by atoms with van der Waals surface area (Å²) in [6.45, 7) is 14.9. The lowest BCUT2D eigenvalue weighted by Gasteiger charge is -2.26. The number of aryl methyl sites for hydroxylation is 2. The molecule has 2 amide bonds. The lowest BCUT2D eigenvalue weighted by atomic mass is 9.85. The summed E-state index contributed by atoms with van der Waals surface area (Å²) in [7, 11) is 0. The van der Waals surface area contributed by atoms with Gasteiger partial charge in [-0.3, -0.25) is 19.2 Å². The summed E-state index contributed by atoms with van der Waals surface area (Å²) >= 11 is 0. The second-order valence-corrected chi connectivity index (χ2v) is 19.0. The highest BCUT2D eigenvalue weighted by Gasteiger charge is 2.41. The molecule has 73 heavy (non-hydrogen) atoms. The molecule has 5 rings (SSSR count). The number of carbonyl (C=O) groups excluding carboxylic acids is 7. The number of aliphatic hydroxyl groups is 2. The maximum absolute atomic E-state index is 13.4. The first-order chi connectivity index (χ1) is 34.9. The summed E-state index contributed by atoms with van der Waals surface area (Å²) in [6, 6.07) is 14.3. The summed E-state index contributed by atoms with van der Waals surface area (Å²) < 4.78 is 22.0. The fraction of sp³-hybridized carbons (Fsp3) is 0.518. The third-order valence-corrected chi connectivity index (χ3v) is 13.6. The van der Waals surface area contributed by atoms with Crippen LogP contribution in [0.5, 0.6) is 5.75 Å². The fourth-order valence-electron chi connectivity index (χ4n) is 9.36. The molecular formula is C56H74N4O13. The van der Waals surface area contributed by atoms with Crippen molar-refractivity contribution in [3.05, 3.63) is 94.3 Å². The number of hydrogen-bond acceptors (Lipinski definition) is 14. The number of nitrogens with zero attached hydrogens (tertiary/aromatic N) is 1. The second-order valence-electron chi connectivity index (χ2n) is 19.0. The predicted molar refractivity (Wildman–Crippen MR) is 275 cm³/mol. The summed E-state index contributed by atoms with van der Waals surface area (Å²) in [5.74, 6) is -4.24. The van der Waals surface area contributed by atoms with Crippen molar-refractivity contribution in [2.75, 3.05) is 31.5 Å². The highest BCUT2D eigenvalue weighted by molar-refractivity contribution is 6.35. The number of benzene rings is 2. The number of Topliss-reactive ketones (excluding diaryl/α,β-unsaturated/α-hetero) is 1. The van der Waals surface area contributed by atoms with Gasteiger partial charge in [0.2, 0.25) is 0 Å². The molecular weight excluding hydrogens is 937 g/mol. The van der Waals surface area contributed by atoms with Crippen LogP contribution in [0.25, 0.3) is 11.6 Å². The first kappa shape index (κ1) is 57.5. The lowest BCUT2D eigenvalue weighted by molar-refractivity contribution is -0.179. The number of esters is 4. The molecule has 0 saturated heterocycles. The Bertz CT molecular complexity index is 2460. The van der Waals surface area contributed by atoms with E-state index in [0.717, 1.165) is 38.0 Å². The number of aromatic amines is 1. The molecule has 7 atom stereocenters. The van der Waals surface area contributed by atoms with Crippen molar-refractivity contribution in [2.45, 2.75) is 150 Å². The van der Waals surface area contributed by atoms with Gasteiger partial charge in [-0.2, -0.15) is 0 Å². The minimum atomic E-state index is -1.43. The molecule has 2 unspecified atom stereocenters. The SMILES string of the molecule is CCN(CC)CCNC(=O)c1c(C)[nH]c(/C=C2\C(=O)Nc3ccc(OC(=O)CCC(=O)OC(C)C(=O)OC(C)C(=O)O[C@@H](CCc4ccccc4)CC[C@@H]4[C@@H](C/C=C\CCCC(C)=O)[C@@H](O)C[C@H]4O)cc32)c1C. The van der Waals surface area contributed by atoms with Crippen LogP contribution in [0.4, 0.5) is 5.69 Å². The van der Waals surface area contributed by atoms with Gasteiger partial charge in [0.15, 0.2) is 12.2 Å². The number of unbranched alkanes of at least 4 members (excludes halogenated alkanes) is 1. The molecule has 2 heterocycles. The number of ketones is 1. The molecule has 0 radical (unpaired) electrons. The van der Waals surface area contributed by atoms with Crippen molar-refractivity contribution < 1.29 is 62.7 Å². The summed E-state index contributed by atoms with van der Waals surface area (Å²) in [5.41, 5.74) is 4.68. The molecule has 17 nitrogen and oxygen atoms in total. The van der Waals surface area contributed by atoms with Gasteiger partial charge >= 0.3 is 23.9 Å². The Labute approximate surface area is 428 Å². The molecule has 17 heteroatoms. The largest absolute Gasteiger partial charge is 0.460 e. The molecule has 1 saturated carbocycles. The molecule has 2 aromatic carbocycles. The third kappa shape index (κ3) is 17.1. The molecule has 1 fully saturated rings. The topological polar surface area (TPSA) is 240 Å². The standard InChI is InChI=1S/C56H74N4O13/c1-8-60(9-2)30-29-57-54(67)52-35(4)47(58-36(52)5)32-45-44-31-41(24-26-46(44)59-53(45)66)72-51(65)28-27-50(64)70-37(6)55(68)71-38(7)56(69)73-40(22-21-39-18-14-12-15-19-39)23-25-43-42(48(62)33-49(43)63)20-16-11-10-13-17-34(3)61/h11-12,14-16,18-19,24,26,31-32,37-38,40,42-43,48-49,58,62-63H,8-10,13,17,20-23,25,27-30,33H2,1-7H3,(H,57,67)(H,59,66)/b16-11-,45-32-/t37?,38?,40-,42+,43+,48-,49+/m0/s1. The number of anilines is 1. The van der Waals surface area contributed by atoms with E-state index in [1.807, 2.05) is 42.5 Å². The van der Waals surface area contributed by atoms with E-state index >= 15 is 0 Å². The summed E-state index contributed by atoms with van der Waals surface area (Å²) in [4.78, 5) is 95.1. The van der Waals surface area contributed by atoms with Crippen molar-refractivity contribution >= 4 is 58.8 Å². The predicted octanol–water partition coefficient (Wildman–Crippen LogP) is 7.13. The number of H-pyrrole nitrogens is 1. The van der Waals surface area contributed by atoms with Crippen LogP contribution in [-0.4, -0.2) is 118 Å². The van der Waals surface area contributed by atoms with Gasteiger partial charge in [-0.25, -0.2) is 9.59 Å². The van der Waals surface area contributed by atoms with E-state index in [1.165, 1.54) is 26.0 Å². The zero-order valence-corrected chi connectivity index (χ0v) is 43.3. The molecule has 1 aliphatic heterocycles. The van der Waals surface area contributed by atoms with Gasteiger partial charge in [0.05, 0.1) is 36.2 Å². The van der Waals surface area contributed by atoms with Crippen molar-refractivity contribution in [1.82, 2.24) is 15.2 Å². The zero-order valence-electron chi connectivity index (χ0n) is 43.3. The number of hydrogen-bond donors (Lipinski definition) is 5. The van der Waals surface area contributed by atoms with Gasteiger partial charge in [-0.05, 0) is 146 Å². The molecule has 5 N–H and O–H groups in total. The van der Waals surface area contributed by atoms with Crippen LogP contribution in [0.3, 0.4) is 0 Å². The monoisotopic (exact) mass is 1010 g/mol. The van der Waals surface area contributed by atoms with Gasteiger partial charge in [-0.1, -0.05) is 56.3 Å². The smallest absolute Gasteiger partial charge is 0.347 e. The Morgan fingerprint density at radius 3 is 2.25 bits per heavy atom. The Kier molecular flexibility index (Phi) is 22.2. The van der Waals surface area contributed by atoms with Crippen LogP contribution in [-0.2, 0) is 49.4 Å². The van der Waals surface area contributed by atoms with E-state index in [0.29, 0.717) is 78.8 Å². The van der Waals surface area contributed by atoms with Gasteiger partial charge < -0.3 is 54.5 Å². The second kappa shape index (κ2) is 28.1. The first-order valence-electron chi connectivity index (χ1n) is 25.6. The number of fused-ring (bicyclic) bond motifs is 1. The quantitative estimate of drug-likeness (QED) is 0.0121. The normalized spacial score (nSPS) is 19.0. The lowest BCUT2D eigenvalue weighted by Crippen LogP contribution is -2.35. The summed E-state index contributed by atoms with van der Waals surface area (Å²) in [5, 5.41) is 27.5. The Morgan fingerprint density at radius 1 is 0.849 bits per heavy atom. The first-order valence-corrected chi connectivity index (χ1v) is 25.6. The number of amides is 2. The Balaban J connectivity index is 1.10. The number of carbonyl (C=O) groups is 7. The minimum Gasteiger partial charge on any atom is -0.460 e. The van der Waals surface area contributed by atoms with Crippen LogP contribution in [0.2, 0.25) is 0 Å². The van der Waals surface area contributed by atoms with Crippen LogP contribution >= 0.6 is 0 Å². The molecule has 0 spiro atoms. The zero-order chi connectivity index (χ0) is 53.2. The highest BCUT2D eigenvalue weighted by Crippen LogP contribution is 2.39. The molecule has 3 aromatic rings. The van der Waals surface area contributed by atoms with Crippen LogP contribution in [0.1, 0.15) is 137 Å². The molecule has 396 valence electrons. The van der Waals surface area contributed by atoms with Crippen LogP contribution in [0.15, 0.2) is 60.7 Å². The number of rotatable bonds is 28. The van der Waals surface area contributed by atoms with E-state index in [-0.39, 0.29) is 47.2 Å². The number of aliphatic hydroxyl groups excluding tert-OH is 2. The van der Waals surface area contributed by atoms with Crippen LogP contribution < -0.4 is 15.4 Å². The average Bonchev–Trinajstić information content (AvgIpc) is 3.93. The highest BCUT2D eigenvalue weighted by atomic mass is 16.6. The van der Waals surface area contributed by atoms with E-state index < -0.39 is 67.2 Å². The molecule has 1 aliphatic carbocycles. The Hall–Kier alpha value is -6.43. The van der Waals surface area contributed by atoms with Gasteiger partial charge in [0.1, 0.15) is 17.6 Å². The number of aromatic nitrogens is 1. The van der Waals surface area contributed by atoms with E-state index in [2.05, 4.69) is 34.4 Å². The minimum absolute atomic E-state index is 0.119. The molecule has 2 aliphatic rings. The summed E-state index contributed by atoms with van der Waals surface area (Å²) in [6.07, 6.45) is 4.72. The molecule has 0 bridgehead atoms. The van der Waals surface area contributed by atoms with Crippen molar-refractivity contribution in [2.24, 2.45) is 11.8 Å². The van der Waals surface area contributed by atoms with E-state index in [4.69, 9.17) is 18.9 Å². The Morgan fingerprint density at radius 2 is 1.53 bits per heavy atom. The molecule has 1 aromatic heterocycles. The van der Waals surface area contributed by atoms with E-state index in [9.17, 15) is 43.8 Å².